The molecule has 8 heteroatoms. The summed E-state index contributed by atoms with van der Waals surface area (Å²) < 4.78 is 18.2. The van der Waals surface area contributed by atoms with Crippen LogP contribution in [-0.2, 0) is 38.8 Å². The van der Waals surface area contributed by atoms with Crippen LogP contribution in [0.3, 0.4) is 0 Å². The predicted octanol–water partition coefficient (Wildman–Crippen LogP) is 2.60. The van der Waals surface area contributed by atoms with E-state index >= 15 is 0 Å². The molecule has 34 heavy (non-hydrogen) atoms. The van der Waals surface area contributed by atoms with Gasteiger partial charge in [-0.05, 0) is 17.2 Å². The van der Waals surface area contributed by atoms with Gasteiger partial charge in [0.25, 0.3) is 11.3 Å². The number of esters is 1. The zero-order chi connectivity index (χ0) is 23.9. The van der Waals surface area contributed by atoms with Gasteiger partial charge in [-0.15, -0.1) is 6.42 Å². The van der Waals surface area contributed by atoms with Gasteiger partial charge in [0.1, 0.15) is 18.8 Å². The number of nitrogens with one attached hydrogen (secondary N) is 1. The fourth-order valence-corrected chi connectivity index (χ4v) is 3.18. The molecule has 0 bridgehead atoms. The SMILES string of the molecule is C#Cc1cn(C/C=C2\OC(=O)C(OCc3ccccc3)=C2OCc2ccccc2)c(=O)[nH]c1=O. The van der Waals surface area contributed by atoms with Gasteiger partial charge < -0.3 is 14.2 Å². The Kier molecular flexibility index (Phi) is 6.75. The molecule has 0 saturated carbocycles. The molecule has 2 heterocycles. The van der Waals surface area contributed by atoms with Gasteiger partial charge in [0.2, 0.25) is 5.76 Å². The van der Waals surface area contributed by atoms with Gasteiger partial charge >= 0.3 is 11.7 Å². The number of benzene rings is 2. The maximum Gasteiger partial charge on any atom is 0.383 e. The number of H-pyrrole nitrogens is 1. The molecule has 0 spiro atoms. The third kappa shape index (κ3) is 5.16. The highest BCUT2D eigenvalue weighted by atomic mass is 16.6. The molecule has 0 saturated heterocycles. The van der Waals surface area contributed by atoms with E-state index in [0.717, 1.165) is 11.1 Å². The summed E-state index contributed by atoms with van der Waals surface area (Å²) in [6.45, 7) is 0.279. The third-order valence-corrected chi connectivity index (χ3v) is 4.91. The van der Waals surface area contributed by atoms with Gasteiger partial charge in [-0.1, -0.05) is 66.6 Å². The van der Waals surface area contributed by atoms with E-state index < -0.39 is 17.2 Å². The average Bonchev–Trinajstić information content (AvgIpc) is 3.16. The molecule has 0 unspecified atom stereocenters. The van der Waals surface area contributed by atoms with Gasteiger partial charge in [-0.2, -0.15) is 0 Å². The number of cyclic esters (lactones) is 1. The highest BCUT2D eigenvalue weighted by Crippen LogP contribution is 2.30. The maximum atomic E-state index is 12.6. The molecule has 1 N–H and O–H groups in total. The molecular weight excluding hydrogens is 436 g/mol. The van der Waals surface area contributed by atoms with Crippen molar-refractivity contribution in [2.75, 3.05) is 0 Å². The number of terminal acetylenes is 1. The van der Waals surface area contributed by atoms with Crippen LogP contribution in [0.4, 0.5) is 0 Å². The lowest BCUT2D eigenvalue weighted by atomic mass is 10.2. The van der Waals surface area contributed by atoms with E-state index in [-0.39, 0.29) is 42.6 Å². The van der Waals surface area contributed by atoms with Crippen molar-refractivity contribution in [1.29, 1.82) is 0 Å². The molecule has 0 aliphatic carbocycles. The quantitative estimate of drug-likeness (QED) is 0.413. The lowest BCUT2D eigenvalue weighted by Gasteiger charge is -2.10. The van der Waals surface area contributed by atoms with E-state index in [9.17, 15) is 14.4 Å². The van der Waals surface area contributed by atoms with Crippen molar-refractivity contribution in [1.82, 2.24) is 9.55 Å². The fourth-order valence-electron chi connectivity index (χ4n) is 3.18. The second-order valence-electron chi connectivity index (χ2n) is 7.26. The summed E-state index contributed by atoms with van der Waals surface area (Å²) in [7, 11) is 0. The molecule has 1 aliphatic rings. The van der Waals surface area contributed by atoms with Gasteiger partial charge in [-0.3, -0.25) is 14.3 Å². The van der Waals surface area contributed by atoms with Crippen LogP contribution >= 0.6 is 0 Å². The molecule has 0 fully saturated rings. The molecule has 3 aromatic rings. The van der Waals surface area contributed by atoms with Crippen LogP contribution in [0.2, 0.25) is 0 Å². The van der Waals surface area contributed by atoms with Gasteiger partial charge in [0.05, 0.1) is 0 Å². The zero-order valence-corrected chi connectivity index (χ0v) is 18.0. The highest BCUT2D eigenvalue weighted by Gasteiger charge is 2.34. The van der Waals surface area contributed by atoms with Crippen LogP contribution < -0.4 is 11.2 Å². The Morgan fingerprint density at radius 1 is 0.912 bits per heavy atom. The number of carbonyl (C=O) groups excluding carboxylic acids is 1. The van der Waals surface area contributed by atoms with Crippen LogP contribution in [0.25, 0.3) is 0 Å². The van der Waals surface area contributed by atoms with E-state index in [0.29, 0.717) is 0 Å². The molecule has 0 amide bonds. The Hall–Kier alpha value is -4.77. The third-order valence-electron chi connectivity index (χ3n) is 4.91. The molecular formula is C26H20N2O6. The smallest absolute Gasteiger partial charge is 0.383 e. The van der Waals surface area contributed by atoms with Crippen molar-refractivity contribution in [2.24, 2.45) is 0 Å². The Balaban J connectivity index is 1.62. The first-order valence-electron chi connectivity index (χ1n) is 10.4. The monoisotopic (exact) mass is 456 g/mol. The van der Waals surface area contributed by atoms with Crippen LogP contribution in [-0.4, -0.2) is 15.5 Å². The van der Waals surface area contributed by atoms with Crippen molar-refractivity contribution >= 4 is 5.97 Å². The number of nitrogens with zero attached hydrogens (tertiary/aromatic N) is 1. The second-order valence-corrected chi connectivity index (χ2v) is 7.26. The Morgan fingerprint density at radius 3 is 2.09 bits per heavy atom. The Labute approximate surface area is 194 Å². The number of allylic oxidation sites excluding steroid dienone is 1. The number of hydrogen-bond acceptors (Lipinski definition) is 6. The summed E-state index contributed by atoms with van der Waals surface area (Å²) in [5.41, 5.74) is 0.453. The van der Waals surface area contributed by atoms with E-state index in [1.165, 1.54) is 16.8 Å². The van der Waals surface area contributed by atoms with Crippen molar-refractivity contribution in [3.05, 3.63) is 128 Å². The van der Waals surface area contributed by atoms with E-state index in [4.69, 9.17) is 20.6 Å². The number of ether oxygens (including phenoxy) is 3. The minimum Gasteiger partial charge on any atom is -0.481 e. The number of aromatic amines is 1. The second kappa shape index (κ2) is 10.2. The highest BCUT2D eigenvalue weighted by molar-refractivity contribution is 5.91. The van der Waals surface area contributed by atoms with Gasteiger partial charge in [0, 0.05) is 12.7 Å². The lowest BCUT2D eigenvalue weighted by Crippen LogP contribution is -2.30. The average molecular weight is 456 g/mol. The molecule has 1 aromatic heterocycles. The molecule has 0 radical (unpaired) electrons. The van der Waals surface area contributed by atoms with Crippen molar-refractivity contribution in [3.63, 3.8) is 0 Å². The number of hydrogen-bond donors (Lipinski definition) is 1. The largest absolute Gasteiger partial charge is 0.481 e. The van der Waals surface area contributed by atoms with Crippen LogP contribution in [0, 0.1) is 12.3 Å². The topological polar surface area (TPSA) is 99.6 Å². The fraction of sp³-hybridized carbons (Fsp3) is 0.115. The lowest BCUT2D eigenvalue weighted by molar-refractivity contribution is -0.136. The minimum absolute atomic E-state index is 0.00407. The summed E-state index contributed by atoms with van der Waals surface area (Å²) in [6.07, 6.45) is 8.05. The maximum absolute atomic E-state index is 12.6. The van der Waals surface area contributed by atoms with Gasteiger partial charge in [-0.25, -0.2) is 9.59 Å². The van der Waals surface area contributed by atoms with Crippen molar-refractivity contribution in [2.45, 2.75) is 19.8 Å². The van der Waals surface area contributed by atoms with Crippen LogP contribution in [0.15, 0.2) is 99.8 Å². The molecule has 1 aliphatic heterocycles. The molecule has 2 aromatic carbocycles. The first kappa shape index (κ1) is 22.4. The molecule has 0 atom stereocenters. The van der Waals surface area contributed by atoms with E-state index in [2.05, 4.69) is 10.9 Å². The summed E-state index contributed by atoms with van der Waals surface area (Å²) >= 11 is 0. The summed E-state index contributed by atoms with van der Waals surface area (Å²) in [5.74, 6) is 1.68. The first-order chi connectivity index (χ1) is 16.5. The normalized spacial score (nSPS) is 14.1. The molecule has 4 rings (SSSR count). The molecule has 8 nitrogen and oxygen atoms in total. The number of aromatic nitrogens is 2. The van der Waals surface area contributed by atoms with Crippen LogP contribution in [0.5, 0.6) is 0 Å². The summed E-state index contributed by atoms with van der Waals surface area (Å²) in [5, 5.41) is 0. The Morgan fingerprint density at radius 2 is 1.50 bits per heavy atom. The van der Waals surface area contributed by atoms with Crippen LogP contribution in [0.1, 0.15) is 16.7 Å². The predicted molar refractivity (Wildman–Crippen MR) is 123 cm³/mol. The summed E-state index contributed by atoms with van der Waals surface area (Å²) in [4.78, 5) is 38.6. The Bertz CT molecular complexity index is 1410. The van der Waals surface area contributed by atoms with E-state index in [1.807, 2.05) is 60.7 Å². The summed E-state index contributed by atoms with van der Waals surface area (Å²) in [6, 6.07) is 18.7. The first-order valence-corrected chi connectivity index (χ1v) is 10.4. The van der Waals surface area contributed by atoms with Crippen molar-refractivity contribution in [3.8, 4) is 12.3 Å². The number of rotatable bonds is 8. The zero-order valence-electron chi connectivity index (χ0n) is 18.0. The molecule has 170 valence electrons. The van der Waals surface area contributed by atoms with Gasteiger partial charge in [0.15, 0.2) is 5.76 Å². The standard InChI is InChI=1S/C26H20N2O6/c1-2-20-15-28(26(31)27-24(20)29)14-13-21-22(32-16-18-9-5-3-6-10-18)23(25(30)34-21)33-17-19-11-7-4-8-12-19/h1,3-13,15H,14,16-17H2,(H,27,29,31)/b21-13-. The van der Waals surface area contributed by atoms with E-state index in [1.54, 1.807) is 0 Å². The number of carbonyl (C=O) groups is 1. The van der Waals surface area contributed by atoms with Crippen molar-refractivity contribution < 1.29 is 19.0 Å². The minimum atomic E-state index is -0.705.